The standard InChI is InChI=1S/2C6H13N.C6H13O8P/c2*7-6-4-2-1-3-5-6;1-2-3(7)4(8)5(9)6(13-2)14-15(10,11)12/h2*6H,1-5,7H2;2-9H,1H3,(H2,10,11,12)/t;;2-,3+,4+,5-,6-/m..0/s1. The second kappa shape index (κ2) is 13.3. The summed E-state index contributed by atoms with van der Waals surface area (Å²) in [5.41, 5.74) is 11.3. The Labute approximate surface area is 172 Å². The first-order valence-electron chi connectivity index (χ1n) is 10.5. The van der Waals surface area contributed by atoms with Crippen LogP contribution in [0.2, 0.25) is 0 Å². The molecule has 3 fully saturated rings. The van der Waals surface area contributed by atoms with E-state index in [1.165, 1.54) is 71.1 Å². The van der Waals surface area contributed by atoms with Gasteiger partial charge in [-0.3, -0.25) is 4.52 Å². The summed E-state index contributed by atoms with van der Waals surface area (Å²) in [6.45, 7) is 1.37. The lowest BCUT2D eigenvalue weighted by Crippen LogP contribution is -2.57. The van der Waals surface area contributed by atoms with Crippen LogP contribution in [-0.4, -0.2) is 67.9 Å². The Kier molecular flexibility index (Phi) is 12.4. The highest BCUT2D eigenvalue weighted by Gasteiger charge is 2.44. The van der Waals surface area contributed by atoms with Crippen molar-refractivity contribution >= 4 is 7.82 Å². The van der Waals surface area contributed by atoms with E-state index in [4.69, 9.17) is 26.0 Å². The molecule has 2 aliphatic carbocycles. The lowest BCUT2D eigenvalue weighted by Gasteiger charge is -2.38. The largest absolute Gasteiger partial charge is 0.472 e. The third-order valence-electron chi connectivity index (χ3n) is 5.35. The predicted molar refractivity (Wildman–Crippen MR) is 108 cm³/mol. The first-order chi connectivity index (χ1) is 13.5. The smallest absolute Gasteiger partial charge is 0.388 e. The fourth-order valence-electron chi connectivity index (χ4n) is 3.50. The van der Waals surface area contributed by atoms with Crippen molar-refractivity contribution in [3.63, 3.8) is 0 Å². The molecule has 11 heteroatoms. The Morgan fingerprint density at radius 3 is 1.52 bits per heavy atom. The Bertz CT molecular complexity index is 466. The molecule has 5 atom stereocenters. The molecule has 0 radical (unpaired) electrons. The second-order valence-corrected chi connectivity index (χ2v) is 9.27. The highest BCUT2D eigenvalue weighted by atomic mass is 31.2. The van der Waals surface area contributed by atoms with Gasteiger partial charge in [0.1, 0.15) is 18.3 Å². The van der Waals surface area contributed by atoms with Crippen molar-refractivity contribution in [1.82, 2.24) is 0 Å². The van der Waals surface area contributed by atoms with Crippen molar-refractivity contribution in [2.24, 2.45) is 11.5 Å². The van der Waals surface area contributed by atoms with Gasteiger partial charge >= 0.3 is 7.82 Å². The summed E-state index contributed by atoms with van der Waals surface area (Å²) >= 11 is 0. The van der Waals surface area contributed by atoms with Crippen molar-refractivity contribution in [2.75, 3.05) is 0 Å². The Morgan fingerprint density at radius 1 is 0.793 bits per heavy atom. The fraction of sp³-hybridized carbons (Fsp3) is 1.00. The van der Waals surface area contributed by atoms with E-state index in [-0.39, 0.29) is 0 Å². The zero-order valence-corrected chi connectivity index (χ0v) is 18.1. The average Bonchev–Trinajstić information content (AvgIpc) is 2.66. The number of ether oxygens (including phenoxy) is 1. The van der Waals surface area contributed by atoms with E-state index < -0.39 is 38.5 Å². The maximum absolute atomic E-state index is 10.5. The highest BCUT2D eigenvalue weighted by molar-refractivity contribution is 7.46. The molecule has 174 valence electrons. The first kappa shape index (κ1) is 26.9. The molecule has 2 saturated carbocycles. The Morgan fingerprint density at radius 2 is 1.21 bits per heavy atom. The van der Waals surface area contributed by atoms with E-state index in [9.17, 15) is 19.9 Å². The summed E-state index contributed by atoms with van der Waals surface area (Å²) in [5, 5.41) is 27.8. The summed E-state index contributed by atoms with van der Waals surface area (Å²) in [4.78, 5) is 17.0. The molecule has 0 aromatic rings. The average molecular weight is 442 g/mol. The number of aliphatic hydroxyl groups is 3. The fourth-order valence-corrected chi connectivity index (χ4v) is 3.95. The van der Waals surface area contributed by atoms with Crippen molar-refractivity contribution in [3.8, 4) is 0 Å². The summed E-state index contributed by atoms with van der Waals surface area (Å²) in [7, 11) is -4.82. The topological polar surface area (TPSA) is 189 Å². The highest BCUT2D eigenvalue weighted by Crippen LogP contribution is 2.40. The van der Waals surface area contributed by atoms with Crippen LogP contribution in [0.25, 0.3) is 0 Å². The van der Waals surface area contributed by atoms with Crippen LogP contribution in [-0.2, 0) is 13.8 Å². The van der Waals surface area contributed by atoms with Gasteiger partial charge in [0, 0.05) is 12.1 Å². The van der Waals surface area contributed by atoms with Crippen LogP contribution in [0.5, 0.6) is 0 Å². The molecule has 0 amide bonds. The zero-order chi connectivity index (χ0) is 22.0. The summed E-state index contributed by atoms with van der Waals surface area (Å²) < 4.78 is 19.4. The van der Waals surface area contributed by atoms with Gasteiger partial charge in [-0.05, 0) is 32.6 Å². The second-order valence-electron chi connectivity index (χ2n) is 8.07. The van der Waals surface area contributed by atoms with E-state index in [1.54, 1.807) is 0 Å². The van der Waals surface area contributed by atoms with Crippen LogP contribution < -0.4 is 11.5 Å². The molecule has 0 unspecified atom stereocenters. The normalized spacial score (nSPS) is 34.4. The number of hydrogen-bond acceptors (Lipinski definition) is 8. The van der Waals surface area contributed by atoms with Crippen LogP contribution in [0.15, 0.2) is 0 Å². The molecule has 3 aliphatic rings. The first-order valence-corrected chi connectivity index (χ1v) is 12.0. The molecule has 0 spiro atoms. The number of phosphoric acid groups is 1. The van der Waals surface area contributed by atoms with Crippen molar-refractivity contribution < 1.29 is 38.9 Å². The maximum Gasteiger partial charge on any atom is 0.472 e. The monoisotopic (exact) mass is 442 g/mol. The molecule has 10 nitrogen and oxygen atoms in total. The van der Waals surface area contributed by atoms with Crippen LogP contribution in [0.3, 0.4) is 0 Å². The summed E-state index contributed by atoms with van der Waals surface area (Å²) in [6, 6.07) is 1.07. The number of rotatable bonds is 2. The molecule has 1 heterocycles. The number of nitrogens with two attached hydrogens (primary N) is 2. The minimum absolute atomic E-state index is 0.536. The number of aliphatic hydroxyl groups excluding tert-OH is 3. The van der Waals surface area contributed by atoms with Gasteiger partial charge < -0.3 is 41.3 Å². The van der Waals surface area contributed by atoms with Crippen LogP contribution in [0.1, 0.15) is 71.1 Å². The molecular formula is C18H39N2O8P. The number of phosphoric ester groups is 1. The van der Waals surface area contributed by atoms with Gasteiger partial charge in [0.25, 0.3) is 0 Å². The zero-order valence-electron chi connectivity index (χ0n) is 17.2. The van der Waals surface area contributed by atoms with Gasteiger partial charge in [-0.1, -0.05) is 38.5 Å². The summed E-state index contributed by atoms with van der Waals surface area (Å²) in [6.07, 6.45) is 6.12. The van der Waals surface area contributed by atoms with Gasteiger partial charge in [-0.15, -0.1) is 0 Å². The molecule has 3 rings (SSSR count). The molecule has 1 saturated heterocycles. The van der Waals surface area contributed by atoms with Crippen molar-refractivity contribution in [3.05, 3.63) is 0 Å². The quantitative estimate of drug-likeness (QED) is 0.296. The van der Waals surface area contributed by atoms with E-state index in [0.29, 0.717) is 12.1 Å². The minimum Gasteiger partial charge on any atom is -0.388 e. The third kappa shape index (κ3) is 11.2. The van der Waals surface area contributed by atoms with Crippen molar-refractivity contribution in [1.29, 1.82) is 0 Å². The lowest BCUT2D eigenvalue weighted by molar-refractivity contribution is -0.271. The van der Waals surface area contributed by atoms with E-state index in [1.807, 2.05) is 0 Å². The third-order valence-corrected chi connectivity index (χ3v) is 5.83. The number of hydrogen-bond donors (Lipinski definition) is 7. The Balaban J connectivity index is 0.000000248. The Hall–Kier alpha value is -0.130. The maximum atomic E-state index is 10.5. The molecule has 9 N–H and O–H groups in total. The van der Waals surface area contributed by atoms with Gasteiger partial charge in [0.05, 0.1) is 6.10 Å². The molecule has 0 aromatic carbocycles. The molecule has 29 heavy (non-hydrogen) atoms. The van der Waals surface area contributed by atoms with Crippen LogP contribution >= 0.6 is 7.82 Å². The van der Waals surface area contributed by atoms with E-state index in [2.05, 4.69) is 4.52 Å². The van der Waals surface area contributed by atoms with Crippen molar-refractivity contribution in [2.45, 2.75) is 114 Å². The van der Waals surface area contributed by atoms with Gasteiger partial charge in [-0.25, -0.2) is 4.57 Å². The summed E-state index contributed by atoms with van der Waals surface area (Å²) in [5.74, 6) is 0. The molecule has 0 aromatic heterocycles. The lowest BCUT2D eigenvalue weighted by atomic mass is 9.97. The predicted octanol–water partition coefficient (Wildman–Crippen LogP) is 0.479. The van der Waals surface area contributed by atoms with Crippen LogP contribution in [0.4, 0.5) is 0 Å². The molecular weight excluding hydrogens is 403 g/mol. The van der Waals surface area contributed by atoms with E-state index in [0.717, 1.165) is 0 Å². The molecule has 0 bridgehead atoms. The molecule has 1 aliphatic heterocycles. The SMILES string of the molecule is C[C@@H]1O[C@@H](OP(=O)(O)O)[C@@H](O)[C@H](O)[C@@H]1O.NC1CCCCC1.NC1CCCCC1. The van der Waals surface area contributed by atoms with Gasteiger partial charge in [-0.2, -0.15) is 0 Å². The van der Waals surface area contributed by atoms with E-state index >= 15 is 0 Å². The van der Waals surface area contributed by atoms with Gasteiger partial charge in [0.2, 0.25) is 0 Å². The minimum atomic E-state index is -4.82. The van der Waals surface area contributed by atoms with Gasteiger partial charge in [0.15, 0.2) is 6.29 Å². The van der Waals surface area contributed by atoms with Crippen LogP contribution in [0, 0.1) is 0 Å².